The molecule has 0 saturated carbocycles. The van der Waals surface area contributed by atoms with Gasteiger partial charge in [0.05, 0.1) is 12.4 Å². The summed E-state index contributed by atoms with van der Waals surface area (Å²) in [6.45, 7) is 0. The highest BCUT2D eigenvalue weighted by Gasteiger charge is 2.02. The second kappa shape index (κ2) is 2.88. The average molecular weight is 164 g/mol. The molecule has 1 aromatic rings. The fourth-order valence-corrected chi connectivity index (χ4v) is 2.05. The Bertz CT molecular complexity index is 280. The highest BCUT2D eigenvalue weighted by molar-refractivity contribution is 8.15. The molecule has 3 heteroatoms. The van der Waals surface area contributed by atoms with E-state index >= 15 is 0 Å². The molecule has 0 aromatic heterocycles. The Balaban J connectivity index is 2.30. The lowest BCUT2D eigenvalue weighted by Gasteiger charge is -2.06. The van der Waals surface area contributed by atoms with Gasteiger partial charge in [-0.25, -0.2) is 8.80 Å². The molecule has 11 heavy (non-hydrogen) atoms. The predicted molar refractivity (Wildman–Crippen MR) is 50.7 cm³/mol. The van der Waals surface area contributed by atoms with Crippen molar-refractivity contribution in [2.45, 2.75) is 4.90 Å². The van der Waals surface area contributed by atoms with Crippen LogP contribution in [0.4, 0.5) is 0 Å². The zero-order chi connectivity index (χ0) is 7.52. The third kappa shape index (κ3) is 1.33. The molecule has 0 spiro atoms. The van der Waals surface area contributed by atoms with Crippen LogP contribution in [-0.2, 0) is 0 Å². The molecular formula is C8H8N2S. The third-order valence-corrected chi connectivity index (χ3v) is 2.87. The molecular weight excluding hydrogens is 156 g/mol. The van der Waals surface area contributed by atoms with E-state index in [1.165, 1.54) is 4.90 Å². The summed E-state index contributed by atoms with van der Waals surface area (Å²) in [7, 11) is 0. The fraction of sp³-hybridized carbons (Fsp3) is 0. The molecule has 56 valence electrons. The van der Waals surface area contributed by atoms with Crippen molar-refractivity contribution in [3.63, 3.8) is 0 Å². The average Bonchev–Trinajstić information content (AvgIpc) is 2.58. The van der Waals surface area contributed by atoms with Crippen LogP contribution < -0.4 is 0 Å². The van der Waals surface area contributed by atoms with Crippen molar-refractivity contribution in [3.8, 4) is 0 Å². The van der Waals surface area contributed by atoms with Crippen molar-refractivity contribution >= 4 is 23.7 Å². The van der Waals surface area contributed by atoms with E-state index in [9.17, 15) is 0 Å². The van der Waals surface area contributed by atoms with Crippen LogP contribution in [0.1, 0.15) is 0 Å². The van der Waals surface area contributed by atoms with Gasteiger partial charge in [0, 0.05) is 4.90 Å². The predicted octanol–water partition coefficient (Wildman–Crippen LogP) is 2.03. The van der Waals surface area contributed by atoms with Crippen LogP contribution in [-0.4, -0.2) is 12.4 Å². The Morgan fingerprint density at radius 2 is 1.55 bits per heavy atom. The lowest BCUT2D eigenvalue weighted by Crippen LogP contribution is -1.70. The smallest absolute Gasteiger partial charge is 0.0542 e. The van der Waals surface area contributed by atoms with E-state index in [1.807, 2.05) is 18.2 Å². The first-order chi connectivity index (χ1) is 5.47. The molecule has 2 nitrogen and oxygen atoms in total. The SMILES string of the molecule is C1=N[SH](c2ccccc2)N=C1. The summed E-state index contributed by atoms with van der Waals surface area (Å²) in [5, 5.41) is 0. The van der Waals surface area contributed by atoms with Crippen molar-refractivity contribution in [1.82, 2.24) is 0 Å². The van der Waals surface area contributed by atoms with E-state index in [0.29, 0.717) is 0 Å². The summed E-state index contributed by atoms with van der Waals surface area (Å²) in [6, 6.07) is 10.2. The van der Waals surface area contributed by atoms with Gasteiger partial charge in [0.25, 0.3) is 0 Å². The molecule has 0 N–H and O–H groups in total. The maximum absolute atomic E-state index is 4.22. The molecule has 0 fully saturated rings. The number of benzene rings is 1. The van der Waals surface area contributed by atoms with Gasteiger partial charge in [-0.2, -0.15) is 0 Å². The van der Waals surface area contributed by atoms with Gasteiger partial charge < -0.3 is 0 Å². The molecule has 0 amide bonds. The van der Waals surface area contributed by atoms with Crippen molar-refractivity contribution in [3.05, 3.63) is 30.3 Å². The zero-order valence-corrected chi connectivity index (χ0v) is 6.78. The molecule has 0 saturated heterocycles. The Hall–Kier alpha value is -1.09. The van der Waals surface area contributed by atoms with Gasteiger partial charge in [0.15, 0.2) is 0 Å². The maximum atomic E-state index is 4.22. The maximum Gasteiger partial charge on any atom is 0.0542 e. The van der Waals surface area contributed by atoms with Gasteiger partial charge in [-0.3, -0.25) is 0 Å². The van der Waals surface area contributed by atoms with E-state index in [2.05, 4.69) is 20.9 Å². The molecule has 1 aliphatic rings. The highest BCUT2D eigenvalue weighted by Crippen LogP contribution is 2.39. The molecule has 1 heterocycles. The van der Waals surface area contributed by atoms with Crippen molar-refractivity contribution < 1.29 is 0 Å². The van der Waals surface area contributed by atoms with Crippen LogP contribution in [0.5, 0.6) is 0 Å². The van der Waals surface area contributed by atoms with Crippen LogP contribution in [0.15, 0.2) is 44.0 Å². The largest absolute Gasteiger partial charge is 0.222 e. The second-order valence-electron chi connectivity index (χ2n) is 2.15. The van der Waals surface area contributed by atoms with Crippen molar-refractivity contribution in [2.24, 2.45) is 8.80 Å². The summed E-state index contributed by atoms with van der Waals surface area (Å²) < 4.78 is 8.45. The lowest BCUT2D eigenvalue weighted by atomic mass is 10.4. The van der Waals surface area contributed by atoms with Gasteiger partial charge in [0.1, 0.15) is 0 Å². The first kappa shape index (κ1) is 6.61. The Morgan fingerprint density at radius 3 is 2.18 bits per heavy atom. The monoisotopic (exact) mass is 164 g/mol. The molecule has 0 atom stereocenters. The van der Waals surface area contributed by atoms with Crippen LogP contribution >= 0.6 is 11.3 Å². The molecule has 1 aromatic carbocycles. The van der Waals surface area contributed by atoms with Crippen LogP contribution in [0, 0.1) is 0 Å². The Morgan fingerprint density at radius 1 is 0.909 bits per heavy atom. The topological polar surface area (TPSA) is 24.7 Å². The van der Waals surface area contributed by atoms with Gasteiger partial charge in [0.2, 0.25) is 0 Å². The number of rotatable bonds is 1. The van der Waals surface area contributed by atoms with Crippen LogP contribution in [0.25, 0.3) is 0 Å². The number of thiol groups is 1. The minimum atomic E-state index is -0.601. The van der Waals surface area contributed by atoms with Gasteiger partial charge in [-0.05, 0) is 23.4 Å². The summed E-state index contributed by atoms with van der Waals surface area (Å²) in [5.41, 5.74) is 0. The molecule has 2 rings (SSSR count). The first-order valence-electron chi connectivity index (χ1n) is 3.38. The summed E-state index contributed by atoms with van der Waals surface area (Å²) in [4.78, 5) is 1.22. The summed E-state index contributed by atoms with van der Waals surface area (Å²) >= 11 is -0.601. The molecule has 0 radical (unpaired) electrons. The molecule has 1 aliphatic heterocycles. The third-order valence-electron chi connectivity index (χ3n) is 1.41. The van der Waals surface area contributed by atoms with E-state index in [0.717, 1.165) is 0 Å². The Kier molecular flexibility index (Phi) is 1.73. The fourth-order valence-electron chi connectivity index (χ4n) is 0.910. The van der Waals surface area contributed by atoms with Gasteiger partial charge in [-0.15, -0.1) is 0 Å². The molecule has 0 bridgehead atoms. The summed E-state index contributed by atoms with van der Waals surface area (Å²) in [6.07, 6.45) is 3.53. The molecule has 0 aliphatic carbocycles. The normalized spacial score (nSPS) is 17.6. The van der Waals surface area contributed by atoms with E-state index in [4.69, 9.17) is 0 Å². The summed E-state index contributed by atoms with van der Waals surface area (Å²) in [5.74, 6) is 0. The van der Waals surface area contributed by atoms with Crippen LogP contribution in [0.2, 0.25) is 0 Å². The first-order valence-corrected chi connectivity index (χ1v) is 4.63. The number of nitrogens with zero attached hydrogens (tertiary/aromatic N) is 2. The number of hydrogen-bond acceptors (Lipinski definition) is 2. The number of hydrogen-bond donors (Lipinski definition) is 1. The Labute approximate surface area is 68.3 Å². The quantitative estimate of drug-likeness (QED) is 0.614. The van der Waals surface area contributed by atoms with E-state index < -0.39 is 11.3 Å². The van der Waals surface area contributed by atoms with E-state index in [1.54, 1.807) is 12.4 Å². The minimum absolute atomic E-state index is 0.601. The lowest BCUT2D eigenvalue weighted by molar-refractivity contribution is 1.44. The standard InChI is InChI=1S/C8H8N2S/c1-2-4-8(5-3-1)11-9-6-7-10-11/h1-7,11H. The van der Waals surface area contributed by atoms with Gasteiger partial charge in [-0.1, -0.05) is 18.2 Å². The van der Waals surface area contributed by atoms with Gasteiger partial charge >= 0.3 is 0 Å². The van der Waals surface area contributed by atoms with E-state index in [-0.39, 0.29) is 0 Å². The van der Waals surface area contributed by atoms with Crippen molar-refractivity contribution in [2.75, 3.05) is 0 Å². The molecule has 0 unspecified atom stereocenters. The highest BCUT2D eigenvalue weighted by atomic mass is 32.2. The minimum Gasteiger partial charge on any atom is -0.222 e. The zero-order valence-electron chi connectivity index (χ0n) is 5.88. The van der Waals surface area contributed by atoms with Crippen LogP contribution in [0.3, 0.4) is 0 Å². The van der Waals surface area contributed by atoms with Crippen molar-refractivity contribution in [1.29, 1.82) is 0 Å². The second-order valence-corrected chi connectivity index (χ2v) is 3.71.